The lowest BCUT2D eigenvalue weighted by atomic mass is 10.1. The summed E-state index contributed by atoms with van der Waals surface area (Å²) in [6.45, 7) is 0.647. The van der Waals surface area contributed by atoms with E-state index >= 15 is 0 Å². The van der Waals surface area contributed by atoms with Crippen LogP contribution in [0.4, 0.5) is 0 Å². The van der Waals surface area contributed by atoms with Crippen molar-refractivity contribution in [2.24, 2.45) is 0 Å². The molecule has 0 N–H and O–H groups in total. The van der Waals surface area contributed by atoms with Crippen molar-refractivity contribution in [3.63, 3.8) is 0 Å². The first-order chi connectivity index (χ1) is 8.90. The second kappa shape index (κ2) is 7.12. The average molecular weight is 258 g/mol. The molecular formula is C16H18OS. The van der Waals surface area contributed by atoms with Crippen molar-refractivity contribution in [1.29, 1.82) is 0 Å². The Morgan fingerprint density at radius 2 is 1.56 bits per heavy atom. The van der Waals surface area contributed by atoms with Crippen LogP contribution in [0.25, 0.3) is 0 Å². The number of hydrogen-bond acceptors (Lipinski definition) is 2. The Morgan fingerprint density at radius 1 is 0.889 bits per heavy atom. The number of aryl methyl sites for hydroxylation is 1. The second-order valence-electron chi connectivity index (χ2n) is 4.11. The molecule has 2 aromatic rings. The molecule has 0 aliphatic heterocycles. The topological polar surface area (TPSA) is 9.23 Å². The van der Waals surface area contributed by atoms with Crippen molar-refractivity contribution in [1.82, 2.24) is 0 Å². The molecular weight excluding hydrogens is 240 g/mol. The molecule has 0 atom stereocenters. The summed E-state index contributed by atoms with van der Waals surface area (Å²) in [7, 11) is 0. The molecule has 0 saturated heterocycles. The molecule has 0 amide bonds. The van der Waals surface area contributed by atoms with Crippen molar-refractivity contribution >= 4 is 11.8 Å². The Morgan fingerprint density at radius 3 is 2.28 bits per heavy atom. The van der Waals surface area contributed by atoms with Crippen molar-refractivity contribution in [3.8, 4) is 5.75 Å². The zero-order valence-corrected chi connectivity index (χ0v) is 11.5. The summed E-state index contributed by atoms with van der Waals surface area (Å²) in [4.78, 5) is 0. The van der Waals surface area contributed by atoms with Crippen molar-refractivity contribution in [3.05, 3.63) is 65.7 Å². The Balaban J connectivity index is 2.00. The summed E-state index contributed by atoms with van der Waals surface area (Å²) in [5.41, 5.74) is 2.68. The van der Waals surface area contributed by atoms with Gasteiger partial charge in [0.2, 0.25) is 0 Å². The lowest BCUT2D eigenvalue weighted by molar-refractivity contribution is 0.305. The summed E-state index contributed by atoms with van der Waals surface area (Å²) in [6, 6.07) is 18.5. The van der Waals surface area contributed by atoms with Crippen LogP contribution >= 0.6 is 11.8 Å². The first kappa shape index (κ1) is 13.0. The van der Waals surface area contributed by atoms with Crippen molar-refractivity contribution in [2.45, 2.75) is 13.0 Å². The molecule has 94 valence electrons. The standard InChI is InChI=1S/C16H18OS/c1-18-12-11-14-7-5-6-8-15(14)13-17-16-9-3-2-4-10-16/h2-10H,11-13H2,1H3. The van der Waals surface area contributed by atoms with E-state index in [2.05, 4.69) is 30.5 Å². The Bertz CT molecular complexity index is 468. The predicted octanol–water partition coefficient (Wildman–Crippen LogP) is 4.17. The van der Waals surface area contributed by atoms with Crippen LogP contribution in [0.1, 0.15) is 11.1 Å². The lowest BCUT2D eigenvalue weighted by Crippen LogP contribution is -2.01. The van der Waals surface area contributed by atoms with Gasteiger partial charge in [-0.15, -0.1) is 0 Å². The van der Waals surface area contributed by atoms with E-state index in [0.717, 1.165) is 17.9 Å². The van der Waals surface area contributed by atoms with Crippen LogP contribution in [0.5, 0.6) is 5.75 Å². The van der Waals surface area contributed by atoms with Gasteiger partial charge in [-0.2, -0.15) is 11.8 Å². The van der Waals surface area contributed by atoms with Gasteiger partial charge >= 0.3 is 0 Å². The zero-order valence-electron chi connectivity index (χ0n) is 10.6. The number of hydrogen-bond donors (Lipinski definition) is 0. The van der Waals surface area contributed by atoms with Gasteiger partial charge in [0, 0.05) is 0 Å². The van der Waals surface area contributed by atoms with Crippen molar-refractivity contribution < 1.29 is 4.74 Å². The third-order valence-corrected chi connectivity index (χ3v) is 3.44. The highest BCUT2D eigenvalue weighted by Gasteiger charge is 2.02. The number of benzene rings is 2. The van der Waals surface area contributed by atoms with Crippen LogP contribution in [-0.2, 0) is 13.0 Å². The highest BCUT2D eigenvalue weighted by molar-refractivity contribution is 7.98. The predicted molar refractivity (Wildman–Crippen MR) is 79.3 cm³/mol. The van der Waals surface area contributed by atoms with Gasteiger partial charge < -0.3 is 4.74 Å². The zero-order chi connectivity index (χ0) is 12.6. The van der Waals surface area contributed by atoms with Crippen molar-refractivity contribution in [2.75, 3.05) is 12.0 Å². The minimum absolute atomic E-state index is 0.647. The third kappa shape index (κ3) is 3.81. The molecule has 18 heavy (non-hydrogen) atoms. The van der Waals surface area contributed by atoms with Gasteiger partial charge in [-0.3, -0.25) is 0 Å². The highest BCUT2D eigenvalue weighted by atomic mass is 32.2. The lowest BCUT2D eigenvalue weighted by Gasteiger charge is -2.10. The van der Waals surface area contributed by atoms with Gasteiger partial charge in [-0.25, -0.2) is 0 Å². The van der Waals surface area contributed by atoms with Crippen LogP contribution in [-0.4, -0.2) is 12.0 Å². The molecule has 0 fully saturated rings. The fourth-order valence-corrected chi connectivity index (χ4v) is 2.26. The normalized spacial score (nSPS) is 10.3. The molecule has 2 heteroatoms. The summed E-state index contributed by atoms with van der Waals surface area (Å²) < 4.78 is 5.81. The maximum absolute atomic E-state index is 5.81. The molecule has 0 unspecified atom stereocenters. The molecule has 0 saturated carbocycles. The molecule has 0 aromatic heterocycles. The molecule has 0 bridgehead atoms. The van der Waals surface area contributed by atoms with E-state index in [9.17, 15) is 0 Å². The average Bonchev–Trinajstić information content (AvgIpc) is 2.45. The number of para-hydroxylation sites is 1. The maximum atomic E-state index is 5.81. The first-order valence-electron chi connectivity index (χ1n) is 6.13. The molecule has 0 radical (unpaired) electrons. The van der Waals surface area contributed by atoms with Crippen LogP contribution in [0, 0.1) is 0 Å². The first-order valence-corrected chi connectivity index (χ1v) is 7.53. The van der Waals surface area contributed by atoms with Gasteiger partial charge in [-0.05, 0) is 41.7 Å². The smallest absolute Gasteiger partial charge is 0.119 e. The largest absolute Gasteiger partial charge is 0.489 e. The van der Waals surface area contributed by atoms with Crippen LogP contribution in [0.15, 0.2) is 54.6 Å². The summed E-state index contributed by atoms with van der Waals surface area (Å²) in [6.07, 6.45) is 3.25. The fourth-order valence-electron chi connectivity index (χ4n) is 1.83. The third-order valence-electron chi connectivity index (χ3n) is 2.83. The minimum Gasteiger partial charge on any atom is -0.489 e. The minimum atomic E-state index is 0.647. The number of ether oxygens (including phenoxy) is 1. The van der Waals surface area contributed by atoms with Gasteiger partial charge in [-0.1, -0.05) is 42.5 Å². The molecule has 1 nitrogen and oxygen atoms in total. The number of thioether (sulfide) groups is 1. The van der Waals surface area contributed by atoms with E-state index in [-0.39, 0.29) is 0 Å². The fraction of sp³-hybridized carbons (Fsp3) is 0.250. The molecule has 0 heterocycles. The van der Waals surface area contributed by atoms with Crippen LogP contribution in [0.2, 0.25) is 0 Å². The molecule has 2 rings (SSSR count). The Kier molecular flexibility index (Phi) is 5.15. The molecule has 0 aliphatic rings. The quantitative estimate of drug-likeness (QED) is 0.769. The SMILES string of the molecule is CSCCc1ccccc1COc1ccccc1. The monoisotopic (exact) mass is 258 g/mol. The highest BCUT2D eigenvalue weighted by Crippen LogP contribution is 2.16. The van der Waals surface area contributed by atoms with E-state index in [0.29, 0.717) is 6.61 Å². The van der Waals surface area contributed by atoms with E-state index in [1.54, 1.807) is 0 Å². The summed E-state index contributed by atoms with van der Waals surface area (Å²) in [5.74, 6) is 2.08. The van der Waals surface area contributed by atoms with E-state index < -0.39 is 0 Å². The van der Waals surface area contributed by atoms with Crippen LogP contribution in [0.3, 0.4) is 0 Å². The van der Waals surface area contributed by atoms with E-state index in [1.165, 1.54) is 11.1 Å². The Labute approximate surface area is 113 Å². The van der Waals surface area contributed by atoms with Crippen LogP contribution < -0.4 is 4.74 Å². The van der Waals surface area contributed by atoms with Gasteiger partial charge in [0.05, 0.1) is 0 Å². The number of rotatable bonds is 6. The molecule has 0 spiro atoms. The van der Waals surface area contributed by atoms with Gasteiger partial charge in [0.25, 0.3) is 0 Å². The van der Waals surface area contributed by atoms with Gasteiger partial charge in [0.15, 0.2) is 0 Å². The summed E-state index contributed by atoms with van der Waals surface area (Å²) in [5, 5.41) is 0. The van der Waals surface area contributed by atoms with Gasteiger partial charge in [0.1, 0.15) is 12.4 Å². The Hall–Kier alpha value is -1.41. The van der Waals surface area contributed by atoms with E-state index in [4.69, 9.17) is 4.74 Å². The van der Waals surface area contributed by atoms with E-state index in [1.807, 2.05) is 42.1 Å². The maximum Gasteiger partial charge on any atom is 0.119 e. The second-order valence-corrected chi connectivity index (χ2v) is 5.10. The summed E-state index contributed by atoms with van der Waals surface area (Å²) >= 11 is 1.88. The molecule has 0 aliphatic carbocycles. The molecule has 2 aromatic carbocycles.